The maximum atomic E-state index is 9.03. The summed E-state index contributed by atoms with van der Waals surface area (Å²) in [5.74, 6) is 0.672. The summed E-state index contributed by atoms with van der Waals surface area (Å²) in [5.41, 5.74) is 1.82. The second kappa shape index (κ2) is 7.10. The van der Waals surface area contributed by atoms with Crippen LogP contribution >= 0.6 is 0 Å². The van der Waals surface area contributed by atoms with Crippen molar-refractivity contribution in [2.75, 3.05) is 53.0 Å². The Bertz CT molecular complexity index is 555. The van der Waals surface area contributed by atoms with Crippen LogP contribution in [0.2, 0.25) is 0 Å². The fourth-order valence-electron chi connectivity index (χ4n) is 3.28. The van der Waals surface area contributed by atoms with E-state index in [9.17, 15) is 0 Å². The van der Waals surface area contributed by atoms with E-state index < -0.39 is 0 Å². The molecule has 2 saturated heterocycles. The minimum absolute atomic E-state index is 0.554. The highest BCUT2D eigenvalue weighted by Gasteiger charge is 2.29. The lowest BCUT2D eigenvalue weighted by Crippen LogP contribution is -2.58. The molecule has 5 nitrogen and oxygen atoms in total. The monoisotopic (exact) mass is 301 g/mol. The fourth-order valence-corrected chi connectivity index (χ4v) is 3.28. The van der Waals surface area contributed by atoms with Gasteiger partial charge in [0.2, 0.25) is 0 Å². The van der Waals surface area contributed by atoms with Crippen molar-refractivity contribution >= 4 is 0 Å². The molecule has 2 heterocycles. The fraction of sp³-hybridized carbons (Fsp3) is 0.588. The molecule has 2 aliphatic heterocycles. The Kier molecular flexibility index (Phi) is 4.94. The second-order valence-electron chi connectivity index (χ2n) is 5.96. The van der Waals surface area contributed by atoms with Crippen molar-refractivity contribution < 1.29 is 9.47 Å². The quantitative estimate of drug-likeness (QED) is 0.834. The first-order chi connectivity index (χ1) is 10.8. The van der Waals surface area contributed by atoms with Gasteiger partial charge in [0, 0.05) is 38.8 Å². The van der Waals surface area contributed by atoms with Gasteiger partial charge in [-0.3, -0.25) is 4.90 Å². The summed E-state index contributed by atoms with van der Waals surface area (Å²) in [5, 5.41) is 9.03. The topological polar surface area (TPSA) is 48.7 Å². The molecule has 118 valence electrons. The van der Waals surface area contributed by atoms with Crippen molar-refractivity contribution in [3.05, 3.63) is 29.3 Å². The SMILES string of the molecule is COc1cc(CCN2CCN3CCOC[C@@H]3C2)ccc1C#N. The predicted molar refractivity (Wildman–Crippen MR) is 84.0 cm³/mol. The summed E-state index contributed by atoms with van der Waals surface area (Å²) in [7, 11) is 1.61. The highest BCUT2D eigenvalue weighted by Crippen LogP contribution is 2.20. The van der Waals surface area contributed by atoms with E-state index in [2.05, 4.69) is 15.9 Å². The maximum Gasteiger partial charge on any atom is 0.136 e. The van der Waals surface area contributed by atoms with Crippen LogP contribution in [-0.2, 0) is 11.2 Å². The lowest BCUT2D eigenvalue weighted by Gasteiger charge is -2.43. The third-order valence-corrected chi connectivity index (χ3v) is 4.62. The zero-order valence-electron chi connectivity index (χ0n) is 13.1. The first-order valence-electron chi connectivity index (χ1n) is 7.91. The van der Waals surface area contributed by atoms with Crippen molar-refractivity contribution in [1.29, 1.82) is 5.26 Å². The van der Waals surface area contributed by atoms with Gasteiger partial charge in [0.15, 0.2) is 0 Å². The number of nitrogens with zero attached hydrogens (tertiary/aromatic N) is 3. The number of morpholine rings is 1. The van der Waals surface area contributed by atoms with Crippen LogP contribution in [0.1, 0.15) is 11.1 Å². The molecule has 0 N–H and O–H groups in total. The van der Waals surface area contributed by atoms with Crippen LogP contribution in [0.3, 0.4) is 0 Å². The third-order valence-electron chi connectivity index (χ3n) is 4.62. The van der Waals surface area contributed by atoms with Crippen molar-refractivity contribution in [2.45, 2.75) is 12.5 Å². The van der Waals surface area contributed by atoms with E-state index in [1.165, 1.54) is 5.56 Å². The summed E-state index contributed by atoms with van der Waals surface area (Å²) in [6.45, 7) is 7.22. The minimum atomic E-state index is 0.554. The average molecular weight is 301 g/mol. The molecule has 5 heteroatoms. The van der Waals surface area contributed by atoms with Gasteiger partial charge in [0.25, 0.3) is 0 Å². The van der Waals surface area contributed by atoms with Gasteiger partial charge in [-0.05, 0) is 24.1 Å². The molecule has 2 fully saturated rings. The number of benzene rings is 1. The zero-order chi connectivity index (χ0) is 15.4. The van der Waals surface area contributed by atoms with Crippen LogP contribution in [0.5, 0.6) is 5.75 Å². The molecule has 0 bridgehead atoms. The summed E-state index contributed by atoms with van der Waals surface area (Å²) in [6, 6.07) is 8.57. The number of hydrogen-bond acceptors (Lipinski definition) is 5. The largest absolute Gasteiger partial charge is 0.495 e. The Morgan fingerprint density at radius 1 is 1.36 bits per heavy atom. The first kappa shape index (κ1) is 15.3. The molecule has 0 radical (unpaired) electrons. The lowest BCUT2D eigenvalue weighted by molar-refractivity contribution is -0.0442. The van der Waals surface area contributed by atoms with E-state index in [4.69, 9.17) is 14.7 Å². The molecule has 1 aromatic rings. The highest BCUT2D eigenvalue weighted by atomic mass is 16.5. The molecule has 2 aliphatic rings. The molecule has 0 amide bonds. The van der Waals surface area contributed by atoms with Gasteiger partial charge >= 0.3 is 0 Å². The molecular formula is C17H23N3O2. The van der Waals surface area contributed by atoms with Crippen molar-refractivity contribution in [2.24, 2.45) is 0 Å². The number of piperazine rings is 1. The van der Waals surface area contributed by atoms with Crippen molar-refractivity contribution in [3.8, 4) is 11.8 Å². The van der Waals surface area contributed by atoms with E-state index in [1.807, 2.05) is 18.2 Å². The molecule has 0 aliphatic carbocycles. The van der Waals surface area contributed by atoms with E-state index in [1.54, 1.807) is 7.11 Å². The van der Waals surface area contributed by atoms with Gasteiger partial charge in [0.1, 0.15) is 11.8 Å². The number of hydrogen-bond donors (Lipinski definition) is 0. The summed E-state index contributed by atoms with van der Waals surface area (Å²) >= 11 is 0. The molecular weight excluding hydrogens is 278 g/mol. The molecule has 1 atom stereocenters. The van der Waals surface area contributed by atoms with Crippen molar-refractivity contribution in [1.82, 2.24) is 9.80 Å². The average Bonchev–Trinajstić information content (AvgIpc) is 2.59. The molecule has 22 heavy (non-hydrogen) atoms. The lowest BCUT2D eigenvalue weighted by atomic mass is 10.1. The Hall–Kier alpha value is -1.61. The smallest absolute Gasteiger partial charge is 0.136 e. The van der Waals surface area contributed by atoms with Gasteiger partial charge in [-0.25, -0.2) is 0 Å². The van der Waals surface area contributed by atoms with Crippen LogP contribution in [-0.4, -0.2) is 68.9 Å². The molecule has 0 spiro atoms. The summed E-state index contributed by atoms with van der Waals surface area (Å²) < 4.78 is 10.9. The van der Waals surface area contributed by atoms with Gasteiger partial charge < -0.3 is 14.4 Å². The number of fused-ring (bicyclic) bond motifs is 1. The van der Waals surface area contributed by atoms with E-state index in [0.717, 1.165) is 52.4 Å². The number of nitriles is 1. The Morgan fingerprint density at radius 2 is 2.27 bits per heavy atom. The second-order valence-corrected chi connectivity index (χ2v) is 5.96. The van der Waals surface area contributed by atoms with E-state index in [0.29, 0.717) is 17.4 Å². The summed E-state index contributed by atoms with van der Waals surface area (Å²) in [6.07, 6.45) is 0.982. The molecule has 1 aromatic carbocycles. The van der Waals surface area contributed by atoms with E-state index in [-0.39, 0.29) is 0 Å². The van der Waals surface area contributed by atoms with Crippen LogP contribution in [0.25, 0.3) is 0 Å². The van der Waals surface area contributed by atoms with Gasteiger partial charge in [-0.1, -0.05) is 6.07 Å². The Balaban J connectivity index is 1.55. The first-order valence-corrected chi connectivity index (χ1v) is 7.91. The zero-order valence-corrected chi connectivity index (χ0v) is 13.1. The van der Waals surface area contributed by atoms with Gasteiger partial charge in [-0.15, -0.1) is 0 Å². The van der Waals surface area contributed by atoms with Crippen LogP contribution in [0.15, 0.2) is 18.2 Å². The number of ether oxygens (including phenoxy) is 2. The molecule has 3 rings (SSSR count). The maximum absolute atomic E-state index is 9.03. The van der Waals surface area contributed by atoms with Crippen LogP contribution in [0, 0.1) is 11.3 Å². The molecule has 0 unspecified atom stereocenters. The molecule has 0 saturated carbocycles. The highest BCUT2D eigenvalue weighted by molar-refractivity contribution is 5.45. The number of rotatable bonds is 4. The predicted octanol–water partition coefficient (Wildman–Crippen LogP) is 1.13. The number of methoxy groups -OCH3 is 1. The Labute approximate surface area is 132 Å². The summed E-state index contributed by atoms with van der Waals surface area (Å²) in [4.78, 5) is 5.06. The van der Waals surface area contributed by atoms with E-state index >= 15 is 0 Å². The Morgan fingerprint density at radius 3 is 3.09 bits per heavy atom. The normalized spacial score (nSPS) is 22.8. The van der Waals surface area contributed by atoms with Gasteiger partial charge in [-0.2, -0.15) is 5.26 Å². The van der Waals surface area contributed by atoms with Crippen molar-refractivity contribution in [3.63, 3.8) is 0 Å². The minimum Gasteiger partial charge on any atom is -0.495 e. The van der Waals surface area contributed by atoms with Crippen LogP contribution in [0.4, 0.5) is 0 Å². The van der Waals surface area contributed by atoms with Crippen LogP contribution < -0.4 is 4.74 Å². The third kappa shape index (κ3) is 3.41. The van der Waals surface area contributed by atoms with Gasteiger partial charge in [0.05, 0.1) is 25.9 Å². The molecule has 0 aromatic heterocycles. The standard InChI is InChI=1S/C17H23N3O2/c1-21-17-10-14(2-3-15(17)11-18)4-5-19-6-7-20-8-9-22-13-16(20)12-19/h2-3,10,16H,4-9,12-13H2,1H3/t16-/m0/s1.